The van der Waals surface area contributed by atoms with E-state index in [4.69, 9.17) is 0 Å². The topological polar surface area (TPSA) is 44.4 Å². The lowest BCUT2D eigenvalue weighted by Gasteiger charge is -2.45. The molecule has 0 spiro atoms. The molecule has 4 aliphatic heterocycles. The van der Waals surface area contributed by atoms with Gasteiger partial charge in [0.2, 0.25) is 5.91 Å². The maximum atomic E-state index is 12.3. The third kappa shape index (κ3) is 2.08. The Morgan fingerprint density at radius 3 is 2.71 bits per heavy atom. The van der Waals surface area contributed by atoms with E-state index in [0.29, 0.717) is 6.04 Å². The second-order valence-electron chi connectivity index (χ2n) is 6.21. The molecule has 2 N–H and O–H groups in total. The van der Waals surface area contributed by atoms with Crippen LogP contribution in [0, 0.1) is 11.3 Å². The number of amides is 1. The molecule has 0 aromatic heterocycles. The molecule has 0 aromatic carbocycles. The van der Waals surface area contributed by atoms with E-state index in [9.17, 15) is 4.79 Å². The van der Waals surface area contributed by atoms with Crippen LogP contribution >= 0.6 is 0 Å². The Balaban J connectivity index is 1.61. The Morgan fingerprint density at radius 2 is 2.18 bits per heavy atom. The van der Waals surface area contributed by atoms with Crippen molar-refractivity contribution in [2.45, 2.75) is 32.2 Å². The lowest BCUT2D eigenvalue weighted by Crippen LogP contribution is -2.59. The van der Waals surface area contributed by atoms with Gasteiger partial charge in [-0.1, -0.05) is 0 Å². The molecule has 4 heteroatoms. The highest BCUT2D eigenvalue weighted by Crippen LogP contribution is 2.30. The van der Waals surface area contributed by atoms with Gasteiger partial charge in [0.05, 0.1) is 5.41 Å². The fraction of sp³-hybridized carbons (Fsp3) is 0.923. The Bertz CT molecular complexity index is 304. The quantitative estimate of drug-likeness (QED) is 0.721. The van der Waals surface area contributed by atoms with Crippen molar-refractivity contribution in [3.63, 3.8) is 0 Å². The van der Waals surface area contributed by atoms with Crippen LogP contribution in [-0.4, -0.2) is 49.6 Å². The number of fused-ring (bicyclic) bond motifs is 3. The van der Waals surface area contributed by atoms with Crippen LogP contribution in [0.15, 0.2) is 0 Å². The Morgan fingerprint density at radius 1 is 1.41 bits per heavy atom. The van der Waals surface area contributed by atoms with Crippen molar-refractivity contribution in [3.05, 3.63) is 0 Å². The summed E-state index contributed by atoms with van der Waals surface area (Å²) in [7, 11) is 0. The van der Waals surface area contributed by atoms with E-state index < -0.39 is 0 Å². The van der Waals surface area contributed by atoms with Crippen molar-refractivity contribution in [1.29, 1.82) is 0 Å². The van der Waals surface area contributed by atoms with Gasteiger partial charge in [-0.25, -0.2) is 0 Å². The zero-order valence-electron chi connectivity index (χ0n) is 10.7. The van der Waals surface area contributed by atoms with Crippen molar-refractivity contribution < 1.29 is 4.79 Å². The second kappa shape index (κ2) is 4.25. The molecule has 17 heavy (non-hydrogen) atoms. The number of rotatable bonds is 2. The summed E-state index contributed by atoms with van der Waals surface area (Å²) in [6, 6.07) is 0.405. The molecule has 96 valence electrons. The van der Waals surface area contributed by atoms with Gasteiger partial charge in [0.15, 0.2) is 0 Å². The maximum Gasteiger partial charge on any atom is 0.227 e. The second-order valence-corrected chi connectivity index (χ2v) is 6.21. The number of nitrogens with one attached hydrogen (secondary N) is 2. The molecular formula is C13H23N3O. The first-order valence-electron chi connectivity index (χ1n) is 6.91. The van der Waals surface area contributed by atoms with Crippen molar-refractivity contribution in [1.82, 2.24) is 15.5 Å². The average Bonchev–Trinajstić information content (AvgIpc) is 2.79. The van der Waals surface area contributed by atoms with E-state index >= 15 is 0 Å². The zero-order valence-corrected chi connectivity index (χ0v) is 10.7. The number of carbonyl (C=O) groups excluding carboxylic acids is 1. The van der Waals surface area contributed by atoms with Gasteiger partial charge in [0, 0.05) is 19.1 Å². The monoisotopic (exact) mass is 237 g/mol. The lowest BCUT2D eigenvalue weighted by molar-refractivity contribution is -0.131. The summed E-state index contributed by atoms with van der Waals surface area (Å²) in [5, 5.41) is 6.61. The maximum absolute atomic E-state index is 12.3. The van der Waals surface area contributed by atoms with Gasteiger partial charge in [0.25, 0.3) is 0 Å². The molecule has 1 amide bonds. The molecule has 2 atom stereocenters. The van der Waals surface area contributed by atoms with Gasteiger partial charge < -0.3 is 15.5 Å². The van der Waals surface area contributed by atoms with E-state index in [1.165, 1.54) is 25.9 Å². The fourth-order valence-electron chi connectivity index (χ4n) is 3.48. The molecule has 4 heterocycles. The minimum Gasteiger partial charge on any atom is -0.351 e. The Kier molecular flexibility index (Phi) is 2.87. The van der Waals surface area contributed by atoms with E-state index in [1.807, 2.05) is 0 Å². The first kappa shape index (κ1) is 11.5. The van der Waals surface area contributed by atoms with E-state index in [2.05, 4.69) is 22.5 Å². The molecule has 2 bridgehead atoms. The molecule has 0 aliphatic carbocycles. The van der Waals surface area contributed by atoms with Gasteiger partial charge in [-0.2, -0.15) is 0 Å². The Hall–Kier alpha value is -0.610. The third-order valence-electron chi connectivity index (χ3n) is 4.89. The van der Waals surface area contributed by atoms with Crippen LogP contribution in [0.5, 0.6) is 0 Å². The largest absolute Gasteiger partial charge is 0.351 e. The van der Waals surface area contributed by atoms with Crippen LogP contribution in [0.4, 0.5) is 0 Å². The van der Waals surface area contributed by atoms with Crippen LogP contribution in [0.1, 0.15) is 26.2 Å². The van der Waals surface area contributed by atoms with Crippen molar-refractivity contribution in [2.24, 2.45) is 11.3 Å². The number of hydrogen-bond acceptors (Lipinski definition) is 3. The van der Waals surface area contributed by atoms with Crippen LogP contribution < -0.4 is 10.6 Å². The molecule has 4 fully saturated rings. The smallest absolute Gasteiger partial charge is 0.227 e. The minimum atomic E-state index is -0.175. The molecule has 0 saturated carbocycles. The summed E-state index contributed by atoms with van der Waals surface area (Å²) in [4.78, 5) is 14.8. The molecule has 4 aliphatic rings. The summed E-state index contributed by atoms with van der Waals surface area (Å²) < 4.78 is 0. The minimum absolute atomic E-state index is 0.175. The highest BCUT2D eigenvalue weighted by molar-refractivity contribution is 5.83. The lowest BCUT2D eigenvalue weighted by atomic mass is 9.82. The standard InChI is InChI=1S/C13H23N3O/c1-13(4-5-14-9-13)12(17)15-11-8-16-6-2-10(11)3-7-16/h10-11,14H,2-9H2,1H3,(H,15,17). The molecule has 4 rings (SSSR count). The van der Waals surface area contributed by atoms with Gasteiger partial charge in [-0.05, 0) is 51.7 Å². The van der Waals surface area contributed by atoms with Gasteiger partial charge in [-0.15, -0.1) is 0 Å². The fourth-order valence-corrected chi connectivity index (χ4v) is 3.48. The van der Waals surface area contributed by atoms with Crippen LogP contribution in [0.2, 0.25) is 0 Å². The summed E-state index contributed by atoms with van der Waals surface area (Å²) in [6.45, 7) is 7.43. The van der Waals surface area contributed by atoms with Gasteiger partial charge >= 0.3 is 0 Å². The first-order valence-corrected chi connectivity index (χ1v) is 6.91. The SMILES string of the molecule is CC1(C(=O)NC2CN3CCC2CC3)CCNC1. The van der Waals surface area contributed by atoms with Crippen molar-refractivity contribution in [2.75, 3.05) is 32.7 Å². The zero-order chi connectivity index (χ0) is 11.9. The highest BCUT2D eigenvalue weighted by atomic mass is 16.2. The molecule has 4 nitrogen and oxygen atoms in total. The summed E-state index contributed by atoms with van der Waals surface area (Å²) >= 11 is 0. The summed E-state index contributed by atoms with van der Waals surface area (Å²) in [5.41, 5.74) is -0.175. The van der Waals surface area contributed by atoms with Crippen LogP contribution in [0.3, 0.4) is 0 Å². The highest BCUT2D eigenvalue weighted by Gasteiger charge is 2.40. The van der Waals surface area contributed by atoms with Crippen molar-refractivity contribution >= 4 is 5.91 Å². The molecule has 2 unspecified atom stereocenters. The van der Waals surface area contributed by atoms with E-state index in [-0.39, 0.29) is 11.3 Å². The molecular weight excluding hydrogens is 214 g/mol. The number of nitrogens with zero attached hydrogens (tertiary/aromatic N) is 1. The molecule has 0 aromatic rings. The summed E-state index contributed by atoms with van der Waals surface area (Å²) in [6.07, 6.45) is 3.50. The van der Waals surface area contributed by atoms with E-state index in [0.717, 1.165) is 32.0 Å². The van der Waals surface area contributed by atoms with Gasteiger partial charge in [-0.3, -0.25) is 4.79 Å². The van der Waals surface area contributed by atoms with Crippen LogP contribution in [0.25, 0.3) is 0 Å². The number of carbonyl (C=O) groups is 1. The number of piperidine rings is 3. The normalized spacial score (nSPS) is 44.9. The van der Waals surface area contributed by atoms with E-state index in [1.54, 1.807) is 0 Å². The number of hydrogen-bond donors (Lipinski definition) is 2. The predicted octanol–water partition coefficient (Wildman–Crippen LogP) is 0.196. The van der Waals surface area contributed by atoms with Gasteiger partial charge in [0.1, 0.15) is 0 Å². The predicted molar refractivity (Wildman–Crippen MR) is 66.7 cm³/mol. The third-order valence-corrected chi connectivity index (χ3v) is 4.89. The first-order chi connectivity index (χ1) is 8.17. The van der Waals surface area contributed by atoms with Crippen LogP contribution in [-0.2, 0) is 4.79 Å². The molecule has 0 radical (unpaired) electrons. The Labute approximate surface area is 103 Å². The average molecular weight is 237 g/mol. The summed E-state index contributed by atoms with van der Waals surface area (Å²) in [5.74, 6) is 0.989. The van der Waals surface area contributed by atoms with Crippen molar-refractivity contribution in [3.8, 4) is 0 Å². The molecule has 4 saturated heterocycles.